The van der Waals surface area contributed by atoms with Crippen LogP contribution in [0, 0.1) is 0 Å². The first kappa shape index (κ1) is 6.58. The second-order valence-corrected chi connectivity index (χ2v) is 3.15. The van der Waals surface area contributed by atoms with Crippen LogP contribution < -0.4 is 0 Å². The van der Waals surface area contributed by atoms with Crippen molar-refractivity contribution in [1.82, 2.24) is 9.80 Å². The third kappa shape index (κ3) is 1.05. The number of hydrogen-bond acceptors (Lipinski definition) is 3. The number of rotatable bonds is 0. The SMILES string of the molecule is OC1CCN2CCN1CC2. The van der Waals surface area contributed by atoms with Crippen molar-refractivity contribution < 1.29 is 5.11 Å². The van der Waals surface area contributed by atoms with Crippen molar-refractivity contribution in [2.75, 3.05) is 32.7 Å². The number of aliphatic hydroxyl groups excluding tert-OH is 1. The molecule has 0 saturated carbocycles. The van der Waals surface area contributed by atoms with Gasteiger partial charge in [0.2, 0.25) is 0 Å². The molecule has 3 saturated heterocycles. The molecule has 3 rings (SSSR count). The molecule has 0 aromatic heterocycles. The standard InChI is InChI=1S/C7H14N2O/c10-7-1-2-8-3-5-9(7)6-4-8/h7,10H,1-6H2. The summed E-state index contributed by atoms with van der Waals surface area (Å²) in [5, 5.41) is 9.47. The van der Waals surface area contributed by atoms with Crippen molar-refractivity contribution in [2.24, 2.45) is 0 Å². The van der Waals surface area contributed by atoms with Gasteiger partial charge in [-0.1, -0.05) is 0 Å². The van der Waals surface area contributed by atoms with E-state index in [0.717, 1.165) is 39.1 Å². The van der Waals surface area contributed by atoms with E-state index in [-0.39, 0.29) is 6.23 Å². The summed E-state index contributed by atoms with van der Waals surface area (Å²) >= 11 is 0. The smallest absolute Gasteiger partial charge is 0.108 e. The molecule has 1 N–H and O–H groups in total. The van der Waals surface area contributed by atoms with Crippen molar-refractivity contribution in [2.45, 2.75) is 12.6 Å². The fourth-order valence-electron chi connectivity index (χ4n) is 1.77. The average Bonchev–Trinajstić information content (AvgIpc) is 2.24. The van der Waals surface area contributed by atoms with Gasteiger partial charge < -0.3 is 10.0 Å². The molecule has 0 spiro atoms. The minimum atomic E-state index is -0.160. The largest absolute Gasteiger partial charge is 0.378 e. The van der Waals surface area contributed by atoms with Crippen LogP contribution in [0.5, 0.6) is 0 Å². The van der Waals surface area contributed by atoms with Gasteiger partial charge in [0.05, 0.1) is 0 Å². The molecular weight excluding hydrogens is 128 g/mol. The number of fused-ring (bicyclic) bond motifs is 4. The molecule has 0 radical (unpaired) electrons. The predicted octanol–water partition coefficient (Wildman–Crippen LogP) is -0.674. The van der Waals surface area contributed by atoms with E-state index in [4.69, 9.17) is 0 Å². The van der Waals surface area contributed by atoms with Gasteiger partial charge in [0.25, 0.3) is 0 Å². The first-order valence-corrected chi connectivity index (χ1v) is 4.01. The molecule has 1 unspecified atom stereocenters. The highest BCUT2D eigenvalue weighted by molar-refractivity contribution is 4.78. The third-order valence-corrected chi connectivity index (χ3v) is 2.53. The summed E-state index contributed by atoms with van der Waals surface area (Å²) in [5.74, 6) is 0. The zero-order valence-electron chi connectivity index (χ0n) is 6.16. The summed E-state index contributed by atoms with van der Waals surface area (Å²) in [7, 11) is 0. The summed E-state index contributed by atoms with van der Waals surface area (Å²) in [5.41, 5.74) is 0. The van der Waals surface area contributed by atoms with Crippen molar-refractivity contribution in [3.05, 3.63) is 0 Å². The van der Waals surface area contributed by atoms with Crippen molar-refractivity contribution in [1.29, 1.82) is 0 Å². The van der Waals surface area contributed by atoms with E-state index >= 15 is 0 Å². The Hall–Kier alpha value is -0.120. The number of aliphatic hydroxyl groups is 1. The van der Waals surface area contributed by atoms with Crippen LogP contribution in [0.2, 0.25) is 0 Å². The Labute approximate surface area is 61.2 Å². The lowest BCUT2D eigenvalue weighted by Crippen LogP contribution is -2.45. The Bertz CT molecular complexity index is 121. The second kappa shape index (κ2) is 2.49. The average molecular weight is 142 g/mol. The van der Waals surface area contributed by atoms with Crippen LogP contribution in [0.3, 0.4) is 0 Å². The molecule has 10 heavy (non-hydrogen) atoms. The van der Waals surface area contributed by atoms with Gasteiger partial charge in [-0.15, -0.1) is 0 Å². The maximum absolute atomic E-state index is 9.47. The molecule has 3 aliphatic heterocycles. The quantitative estimate of drug-likeness (QED) is 0.486. The van der Waals surface area contributed by atoms with Gasteiger partial charge in [-0.25, -0.2) is 0 Å². The zero-order valence-corrected chi connectivity index (χ0v) is 6.16. The number of piperazine rings is 1. The second-order valence-electron chi connectivity index (χ2n) is 3.15. The Morgan fingerprint density at radius 1 is 1.00 bits per heavy atom. The summed E-state index contributed by atoms with van der Waals surface area (Å²) in [6, 6.07) is 0. The van der Waals surface area contributed by atoms with E-state index in [1.165, 1.54) is 0 Å². The zero-order chi connectivity index (χ0) is 6.97. The van der Waals surface area contributed by atoms with E-state index < -0.39 is 0 Å². The van der Waals surface area contributed by atoms with Crippen LogP contribution >= 0.6 is 0 Å². The molecule has 0 amide bonds. The molecule has 0 aromatic rings. The molecular formula is C7H14N2O. The van der Waals surface area contributed by atoms with Gasteiger partial charge in [0, 0.05) is 32.7 Å². The third-order valence-electron chi connectivity index (χ3n) is 2.53. The first-order valence-electron chi connectivity index (χ1n) is 4.01. The lowest BCUT2D eigenvalue weighted by atomic mass is 10.3. The van der Waals surface area contributed by atoms with Crippen LogP contribution in [-0.4, -0.2) is 53.9 Å². The highest BCUT2D eigenvalue weighted by Gasteiger charge is 2.26. The maximum Gasteiger partial charge on any atom is 0.108 e. The minimum absolute atomic E-state index is 0.160. The molecule has 3 fully saturated rings. The minimum Gasteiger partial charge on any atom is -0.378 e. The molecule has 3 aliphatic rings. The lowest BCUT2D eigenvalue weighted by molar-refractivity contribution is 0.00436. The van der Waals surface area contributed by atoms with Crippen molar-refractivity contribution >= 4 is 0 Å². The molecule has 0 aliphatic carbocycles. The molecule has 0 aromatic carbocycles. The molecule has 1 atom stereocenters. The van der Waals surface area contributed by atoms with Crippen molar-refractivity contribution in [3.8, 4) is 0 Å². The van der Waals surface area contributed by atoms with Gasteiger partial charge in [-0.3, -0.25) is 4.90 Å². The fourth-order valence-corrected chi connectivity index (χ4v) is 1.77. The van der Waals surface area contributed by atoms with Gasteiger partial charge in [-0.05, 0) is 6.42 Å². The molecule has 3 nitrogen and oxygen atoms in total. The monoisotopic (exact) mass is 142 g/mol. The normalized spacial score (nSPS) is 47.1. The van der Waals surface area contributed by atoms with E-state index in [2.05, 4.69) is 9.80 Å². The highest BCUT2D eigenvalue weighted by Crippen LogP contribution is 2.13. The Morgan fingerprint density at radius 3 is 2.40 bits per heavy atom. The highest BCUT2D eigenvalue weighted by atomic mass is 16.3. The molecule has 2 bridgehead atoms. The number of nitrogens with zero attached hydrogens (tertiary/aromatic N) is 2. The molecule has 3 heterocycles. The predicted molar refractivity (Wildman–Crippen MR) is 38.6 cm³/mol. The van der Waals surface area contributed by atoms with E-state index in [1.54, 1.807) is 0 Å². The Balaban J connectivity index is 2.07. The van der Waals surface area contributed by atoms with Crippen LogP contribution in [0.25, 0.3) is 0 Å². The molecule has 3 heteroatoms. The Kier molecular flexibility index (Phi) is 1.64. The van der Waals surface area contributed by atoms with Crippen LogP contribution in [0.4, 0.5) is 0 Å². The number of hydrogen-bond donors (Lipinski definition) is 1. The van der Waals surface area contributed by atoms with Gasteiger partial charge in [0.1, 0.15) is 6.23 Å². The molecule has 58 valence electrons. The van der Waals surface area contributed by atoms with E-state index in [9.17, 15) is 5.11 Å². The van der Waals surface area contributed by atoms with Crippen LogP contribution in [0.15, 0.2) is 0 Å². The first-order chi connectivity index (χ1) is 4.86. The van der Waals surface area contributed by atoms with Gasteiger partial charge in [-0.2, -0.15) is 0 Å². The van der Waals surface area contributed by atoms with Crippen LogP contribution in [0.1, 0.15) is 6.42 Å². The topological polar surface area (TPSA) is 26.7 Å². The van der Waals surface area contributed by atoms with Gasteiger partial charge in [0.15, 0.2) is 0 Å². The maximum atomic E-state index is 9.47. The summed E-state index contributed by atoms with van der Waals surface area (Å²) in [6.45, 7) is 5.49. The van der Waals surface area contributed by atoms with E-state index in [1.807, 2.05) is 0 Å². The summed E-state index contributed by atoms with van der Waals surface area (Å²) in [6.07, 6.45) is 0.771. The summed E-state index contributed by atoms with van der Waals surface area (Å²) < 4.78 is 0. The van der Waals surface area contributed by atoms with Gasteiger partial charge >= 0.3 is 0 Å². The van der Waals surface area contributed by atoms with Crippen LogP contribution in [-0.2, 0) is 0 Å². The summed E-state index contributed by atoms with van der Waals surface area (Å²) in [4.78, 5) is 4.59. The Morgan fingerprint density at radius 2 is 1.70 bits per heavy atom. The van der Waals surface area contributed by atoms with Crippen molar-refractivity contribution in [3.63, 3.8) is 0 Å². The van der Waals surface area contributed by atoms with E-state index in [0.29, 0.717) is 0 Å². The lowest BCUT2D eigenvalue weighted by Gasteiger charge is -2.30. The fraction of sp³-hybridized carbons (Fsp3) is 1.00.